The molecule has 0 unspecified atom stereocenters. The summed E-state index contributed by atoms with van der Waals surface area (Å²) in [6.45, 7) is 5.16. The molecule has 0 radical (unpaired) electrons. The number of hydrogen-bond acceptors (Lipinski definition) is 3. The number of benzene rings is 1. The van der Waals surface area contributed by atoms with Gasteiger partial charge in [0.1, 0.15) is 0 Å². The minimum atomic E-state index is -0.263. The van der Waals surface area contributed by atoms with Gasteiger partial charge in [0, 0.05) is 19.5 Å². The highest BCUT2D eigenvalue weighted by Gasteiger charge is 2.34. The van der Waals surface area contributed by atoms with Crippen LogP contribution in [0.5, 0.6) is 0 Å². The molecule has 0 spiro atoms. The summed E-state index contributed by atoms with van der Waals surface area (Å²) in [7, 11) is 0. The van der Waals surface area contributed by atoms with E-state index in [9.17, 15) is 14.4 Å². The molecule has 5 nitrogen and oxygen atoms in total. The first-order chi connectivity index (χ1) is 10.5. The molecule has 0 aliphatic carbocycles. The lowest BCUT2D eigenvalue weighted by molar-refractivity contribution is -0.121. The topological polar surface area (TPSA) is 66.5 Å². The van der Waals surface area contributed by atoms with Crippen LogP contribution in [-0.2, 0) is 4.79 Å². The van der Waals surface area contributed by atoms with Crippen molar-refractivity contribution in [1.82, 2.24) is 10.2 Å². The standard InChI is InChI=1S/C17H22N2O3/c1-12(2)9-10-18-15(20)8-5-11-19-16(21)13-6-3-4-7-14(13)17(19)22/h3-4,6-7,12H,5,8-11H2,1-2H3,(H,18,20). The quantitative estimate of drug-likeness (QED) is 0.785. The van der Waals surface area contributed by atoms with E-state index in [1.807, 2.05) is 0 Å². The number of carbonyl (C=O) groups excluding carboxylic acids is 3. The zero-order valence-electron chi connectivity index (χ0n) is 13.1. The minimum Gasteiger partial charge on any atom is -0.356 e. The minimum absolute atomic E-state index is 0.0303. The van der Waals surface area contributed by atoms with Gasteiger partial charge >= 0.3 is 0 Å². The summed E-state index contributed by atoms with van der Waals surface area (Å²) >= 11 is 0. The predicted molar refractivity (Wildman–Crippen MR) is 83.5 cm³/mol. The molecule has 3 amide bonds. The fourth-order valence-electron chi connectivity index (χ4n) is 2.43. The molecular formula is C17H22N2O3. The van der Waals surface area contributed by atoms with Crippen molar-refractivity contribution in [3.05, 3.63) is 35.4 Å². The van der Waals surface area contributed by atoms with E-state index in [2.05, 4.69) is 19.2 Å². The Morgan fingerprint density at radius 1 is 1.14 bits per heavy atom. The van der Waals surface area contributed by atoms with Gasteiger partial charge < -0.3 is 5.32 Å². The van der Waals surface area contributed by atoms with E-state index in [1.54, 1.807) is 24.3 Å². The maximum absolute atomic E-state index is 12.1. The molecular weight excluding hydrogens is 280 g/mol. The number of imide groups is 1. The van der Waals surface area contributed by atoms with Crippen molar-refractivity contribution in [2.45, 2.75) is 33.1 Å². The van der Waals surface area contributed by atoms with Gasteiger partial charge in [-0.3, -0.25) is 19.3 Å². The van der Waals surface area contributed by atoms with Crippen LogP contribution in [-0.4, -0.2) is 35.7 Å². The van der Waals surface area contributed by atoms with Gasteiger partial charge in [0.2, 0.25) is 5.91 Å². The van der Waals surface area contributed by atoms with Crippen LogP contribution in [0.3, 0.4) is 0 Å². The van der Waals surface area contributed by atoms with Crippen LogP contribution in [0.2, 0.25) is 0 Å². The number of carbonyl (C=O) groups is 3. The van der Waals surface area contributed by atoms with E-state index in [4.69, 9.17) is 0 Å². The molecule has 0 bridgehead atoms. The summed E-state index contributed by atoms with van der Waals surface area (Å²) in [5, 5.41) is 2.85. The first kappa shape index (κ1) is 16.2. The lowest BCUT2D eigenvalue weighted by atomic mass is 10.1. The van der Waals surface area contributed by atoms with Crippen molar-refractivity contribution in [1.29, 1.82) is 0 Å². The molecule has 1 aromatic carbocycles. The third-order valence-corrected chi connectivity index (χ3v) is 3.71. The molecule has 1 N–H and O–H groups in total. The normalized spacial score (nSPS) is 13.7. The fourth-order valence-corrected chi connectivity index (χ4v) is 2.43. The fraction of sp³-hybridized carbons (Fsp3) is 0.471. The van der Waals surface area contributed by atoms with Crippen LogP contribution < -0.4 is 5.32 Å². The number of rotatable bonds is 7. The zero-order chi connectivity index (χ0) is 16.1. The van der Waals surface area contributed by atoms with Crippen LogP contribution in [0.25, 0.3) is 0 Å². The lowest BCUT2D eigenvalue weighted by Gasteiger charge is -2.13. The first-order valence-electron chi connectivity index (χ1n) is 7.72. The SMILES string of the molecule is CC(C)CCNC(=O)CCCN1C(=O)c2ccccc2C1=O. The molecule has 0 atom stereocenters. The Kier molecular flexibility index (Phi) is 5.31. The van der Waals surface area contributed by atoms with Crippen LogP contribution in [0.1, 0.15) is 53.8 Å². The van der Waals surface area contributed by atoms with Crippen molar-refractivity contribution >= 4 is 17.7 Å². The number of hydrogen-bond donors (Lipinski definition) is 1. The predicted octanol–water partition coefficient (Wildman–Crippen LogP) is 2.23. The summed E-state index contributed by atoms with van der Waals surface area (Å²) in [4.78, 5) is 37.2. The maximum atomic E-state index is 12.1. The van der Waals surface area contributed by atoms with Gasteiger partial charge in [-0.05, 0) is 30.9 Å². The summed E-state index contributed by atoms with van der Waals surface area (Å²) in [5.74, 6) is -0.00228. The Bertz CT molecular complexity index is 546. The van der Waals surface area contributed by atoms with E-state index < -0.39 is 0 Å². The average Bonchev–Trinajstić information content (AvgIpc) is 2.72. The summed E-state index contributed by atoms with van der Waals surface area (Å²) in [6, 6.07) is 6.81. The van der Waals surface area contributed by atoms with Gasteiger partial charge in [0.15, 0.2) is 0 Å². The number of nitrogens with one attached hydrogen (secondary N) is 1. The second kappa shape index (κ2) is 7.20. The van der Waals surface area contributed by atoms with Crippen LogP contribution >= 0.6 is 0 Å². The number of amides is 3. The highest BCUT2D eigenvalue weighted by atomic mass is 16.2. The molecule has 2 rings (SSSR count). The van der Waals surface area contributed by atoms with E-state index in [0.29, 0.717) is 36.4 Å². The Morgan fingerprint density at radius 3 is 2.27 bits per heavy atom. The smallest absolute Gasteiger partial charge is 0.261 e. The van der Waals surface area contributed by atoms with Crippen LogP contribution in [0.4, 0.5) is 0 Å². The average molecular weight is 302 g/mol. The van der Waals surface area contributed by atoms with Crippen LogP contribution in [0.15, 0.2) is 24.3 Å². The molecule has 1 aliphatic heterocycles. The van der Waals surface area contributed by atoms with Gasteiger partial charge in [-0.15, -0.1) is 0 Å². The third-order valence-electron chi connectivity index (χ3n) is 3.71. The van der Waals surface area contributed by atoms with Gasteiger partial charge in [-0.2, -0.15) is 0 Å². The van der Waals surface area contributed by atoms with Gasteiger partial charge in [-0.1, -0.05) is 26.0 Å². The van der Waals surface area contributed by atoms with Crippen molar-refractivity contribution in [2.24, 2.45) is 5.92 Å². The van der Waals surface area contributed by atoms with Gasteiger partial charge in [0.05, 0.1) is 11.1 Å². The van der Waals surface area contributed by atoms with E-state index in [1.165, 1.54) is 4.90 Å². The molecule has 0 saturated carbocycles. The number of nitrogens with zero attached hydrogens (tertiary/aromatic N) is 1. The highest BCUT2D eigenvalue weighted by Crippen LogP contribution is 2.22. The molecule has 1 heterocycles. The molecule has 5 heteroatoms. The second-order valence-electron chi connectivity index (χ2n) is 5.94. The molecule has 22 heavy (non-hydrogen) atoms. The van der Waals surface area contributed by atoms with Crippen molar-refractivity contribution < 1.29 is 14.4 Å². The number of fused-ring (bicyclic) bond motifs is 1. The summed E-state index contributed by atoms with van der Waals surface area (Å²) < 4.78 is 0. The van der Waals surface area contributed by atoms with Gasteiger partial charge in [0.25, 0.3) is 11.8 Å². The first-order valence-corrected chi connectivity index (χ1v) is 7.72. The molecule has 118 valence electrons. The monoisotopic (exact) mass is 302 g/mol. The molecule has 0 aromatic heterocycles. The second-order valence-corrected chi connectivity index (χ2v) is 5.94. The van der Waals surface area contributed by atoms with E-state index in [-0.39, 0.29) is 24.3 Å². The van der Waals surface area contributed by atoms with E-state index in [0.717, 1.165) is 6.42 Å². The summed E-state index contributed by atoms with van der Waals surface area (Å²) in [6.07, 6.45) is 1.76. The van der Waals surface area contributed by atoms with Crippen molar-refractivity contribution in [2.75, 3.05) is 13.1 Å². The highest BCUT2D eigenvalue weighted by molar-refractivity contribution is 6.21. The zero-order valence-corrected chi connectivity index (χ0v) is 13.1. The molecule has 0 saturated heterocycles. The lowest BCUT2D eigenvalue weighted by Crippen LogP contribution is -2.32. The molecule has 1 aromatic rings. The Labute approximate surface area is 130 Å². The van der Waals surface area contributed by atoms with Crippen molar-refractivity contribution in [3.63, 3.8) is 0 Å². The Balaban J connectivity index is 1.78. The summed E-state index contributed by atoms with van der Waals surface area (Å²) in [5.41, 5.74) is 0.905. The van der Waals surface area contributed by atoms with E-state index >= 15 is 0 Å². The van der Waals surface area contributed by atoms with Crippen molar-refractivity contribution in [3.8, 4) is 0 Å². The molecule has 1 aliphatic rings. The largest absolute Gasteiger partial charge is 0.356 e. The Morgan fingerprint density at radius 2 is 1.73 bits per heavy atom. The maximum Gasteiger partial charge on any atom is 0.261 e. The molecule has 0 fully saturated rings. The third kappa shape index (κ3) is 3.72. The Hall–Kier alpha value is -2.17. The van der Waals surface area contributed by atoms with Gasteiger partial charge in [-0.25, -0.2) is 0 Å². The van der Waals surface area contributed by atoms with Crippen LogP contribution in [0, 0.1) is 5.92 Å².